The van der Waals surface area contributed by atoms with Crippen molar-refractivity contribution >= 4 is 11.5 Å². The number of aromatic nitrogens is 2. The molecule has 1 rings (SSSR count). The van der Waals surface area contributed by atoms with Crippen molar-refractivity contribution < 1.29 is 4.92 Å². The highest BCUT2D eigenvalue weighted by Crippen LogP contribution is 2.14. The van der Waals surface area contributed by atoms with Crippen molar-refractivity contribution in [2.75, 3.05) is 5.73 Å². The number of rotatable bonds is 3. The molecule has 0 aliphatic heterocycles. The smallest absolute Gasteiger partial charge is 0.374 e. The van der Waals surface area contributed by atoms with Crippen LogP contribution >= 0.6 is 0 Å². The van der Waals surface area contributed by atoms with Gasteiger partial charge in [-0.1, -0.05) is 13.8 Å². The minimum absolute atomic E-state index is 0.0760. The number of hydrogen-bond donors (Lipinski definition) is 1. The van der Waals surface area contributed by atoms with Gasteiger partial charge in [-0.05, 0) is 5.92 Å². The minimum atomic E-state index is -0.988. The van der Waals surface area contributed by atoms with E-state index in [0.717, 1.165) is 4.57 Å². The Labute approximate surface area is 96.4 Å². The van der Waals surface area contributed by atoms with Crippen LogP contribution in [0.1, 0.15) is 13.8 Å². The van der Waals surface area contributed by atoms with E-state index in [2.05, 4.69) is 0 Å². The Morgan fingerprint density at radius 3 is 2.35 bits per heavy atom. The molecule has 8 nitrogen and oxygen atoms in total. The molecule has 1 aromatic heterocycles. The largest absolute Gasteiger partial charge is 0.379 e. The fourth-order valence-electron chi connectivity index (χ4n) is 1.48. The summed E-state index contributed by atoms with van der Waals surface area (Å²) in [6.07, 6.45) is 0. The molecule has 0 aliphatic rings. The topological polar surface area (TPSA) is 113 Å². The standard InChI is InChI=1S/C9H14N4O4/c1-5(2)4-12-7(10)6(13(16)17)8(14)11(3)9(12)15/h5H,4,10H2,1-3H3. The monoisotopic (exact) mass is 242 g/mol. The number of hydrogen-bond acceptors (Lipinski definition) is 5. The molecule has 8 heteroatoms. The zero-order valence-electron chi connectivity index (χ0n) is 9.84. The van der Waals surface area contributed by atoms with Crippen LogP contribution < -0.4 is 17.0 Å². The molecule has 1 heterocycles. The summed E-state index contributed by atoms with van der Waals surface area (Å²) in [5.41, 5.74) is 3.12. The molecule has 0 radical (unpaired) electrons. The Morgan fingerprint density at radius 2 is 1.94 bits per heavy atom. The van der Waals surface area contributed by atoms with Crippen molar-refractivity contribution in [1.29, 1.82) is 0 Å². The summed E-state index contributed by atoms with van der Waals surface area (Å²) >= 11 is 0. The van der Waals surface area contributed by atoms with Gasteiger partial charge < -0.3 is 5.73 Å². The van der Waals surface area contributed by atoms with Gasteiger partial charge >= 0.3 is 16.9 Å². The second-order valence-corrected chi connectivity index (χ2v) is 4.14. The molecule has 0 fully saturated rings. The van der Waals surface area contributed by atoms with Crippen molar-refractivity contribution in [3.05, 3.63) is 31.0 Å². The third kappa shape index (κ3) is 2.19. The van der Waals surface area contributed by atoms with Gasteiger partial charge in [0, 0.05) is 13.6 Å². The Morgan fingerprint density at radius 1 is 1.41 bits per heavy atom. The SMILES string of the molecule is CC(C)Cn1c(N)c([N+](=O)[O-])c(=O)n(C)c1=O. The summed E-state index contributed by atoms with van der Waals surface area (Å²) in [5.74, 6) is -0.316. The molecule has 0 aliphatic carbocycles. The van der Waals surface area contributed by atoms with E-state index in [1.54, 1.807) is 0 Å². The van der Waals surface area contributed by atoms with Crippen molar-refractivity contribution in [3.8, 4) is 0 Å². The first-order valence-electron chi connectivity index (χ1n) is 5.01. The zero-order valence-corrected chi connectivity index (χ0v) is 9.84. The second kappa shape index (κ2) is 4.40. The summed E-state index contributed by atoms with van der Waals surface area (Å²) in [4.78, 5) is 33.1. The fourth-order valence-corrected chi connectivity index (χ4v) is 1.48. The van der Waals surface area contributed by atoms with E-state index in [4.69, 9.17) is 5.73 Å². The molecule has 0 amide bonds. The predicted molar refractivity (Wildman–Crippen MR) is 61.8 cm³/mol. The molecule has 0 saturated heterocycles. The molecular formula is C9H14N4O4. The number of nitrogens with zero attached hydrogens (tertiary/aromatic N) is 3. The van der Waals surface area contributed by atoms with Crippen LogP contribution in [0.5, 0.6) is 0 Å². The first kappa shape index (κ1) is 12.9. The van der Waals surface area contributed by atoms with Crippen LogP contribution in [0.25, 0.3) is 0 Å². The van der Waals surface area contributed by atoms with Gasteiger partial charge in [-0.25, -0.2) is 4.79 Å². The van der Waals surface area contributed by atoms with Gasteiger partial charge in [-0.3, -0.25) is 24.0 Å². The summed E-state index contributed by atoms with van der Waals surface area (Å²) < 4.78 is 1.74. The van der Waals surface area contributed by atoms with E-state index in [0.29, 0.717) is 4.57 Å². The summed E-state index contributed by atoms with van der Waals surface area (Å²) in [6.45, 7) is 3.89. The van der Waals surface area contributed by atoms with Crippen molar-refractivity contribution in [3.63, 3.8) is 0 Å². The number of nitrogen functional groups attached to an aromatic ring is 1. The maximum Gasteiger partial charge on any atom is 0.374 e. The molecule has 0 aromatic carbocycles. The first-order chi connectivity index (χ1) is 7.77. The number of nitrogens with two attached hydrogens (primary N) is 1. The second-order valence-electron chi connectivity index (χ2n) is 4.14. The van der Waals surface area contributed by atoms with Gasteiger partial charge in [0.05, 0.1) is 4.92 Å². The maximum absolute atomic E-state index is 11.7. The third-order valence-electron chi connectivity index (χ3n) is 2.29. The van der Waals surface area contributed by atoms with Gasteiger partial charge in [-0.15, -0.1) is 0 Å². The Hall–Kier alpha value is -2.12. The highest BCUT2D eigenvalue weighted by Gasteiger charge is 2.24. The van der Waals surface area contributed by atoms with Crippen LogP contribution in [0.15, 0.2) is 9.59 Å². The normalized spacial score (nSPS) is 10.8. The highest BCUT2D eigenvalue weighted by atomic mass is 16.6. The van der Waals surface area contributed by atoms with Gasteiger partial charge in [0.1, 0.15) is 0 Å². The van der Waals surface area contributed by atoms with E-state index < -0.39 is 27.7 Å². The average molecular weight is 242 g/mol. The lowest BCUT2D eigenvalue weighted by Crippen LogP contribution is -2.41. The van der Waals surface area contributed by atoms with Crippen LogP contribution in [-0.2, 0) is 13.6 Å². The Kier molecular flexibility index (Phi) is 3.35. The third-order valence-corrected chi connectivity index (χ3v) is 2.29. The summed E-state index contributed by atoms with van der Waals surface area (Å²) in [7, 11) is 1.19. The van der Waals surface area contributed by atoms with Crippen LogP contribution in [0.4, 0.5) is 11.5 Å². The molecular weight excluding hydrogens is 228 g/mol. The molecule has 0 unspecified atom stereocenters. The first-order valence-corrected chi connectivity index (χ1v) is 5.01. The van der Waals surface area contributed by atoms with Crippen molar-refractivity contribution in [2.45, 2.75) is 20.4 Å². The van der Waals surface area contributed by atoms with E-state index >= 15 is 0 Å². The number of anilines is 1. The van der Waals surface area contributed by atoms with E-state index in [9.17, 15) is 19.7 Å². The molecule has 0 atom stereocenters. The van der Waals surface area contributed by atoms with E-state index in [-0.39, 0.29) is 12.5 Å². The molecule has 2 N–H and O–H groups in total. The minimum Gasteiger partial charge on any atom is -0.379 e. The zero-order chi connectivity index (χ0) is 13.3. The van der Waals surface area contributed by atoms with Crippen LogP contribution in [0.2, 0.25) is 0 Å². The van der Waals surface area contributed by atoms with Gasteiger partial charge in [0.15, 0.2) is 5.82 Å². The molecule has 0 bridgehead atoms. The quantitative estimate of drug-likeness (QED) is 0.577. The van der Waals surface area contributed by atoms with Crippen molar-refractivity contribution in [1.82, 2.24) is 9.13 Å². The van der Waals surface area contributed by atoms with Gasteiger partial charge in [0.25, 0.3) is 0 Å². The maximum atomic E-state index is 11.7. The van der Waals surface area contributed by atoms with Gasteiger partial charge in [-0.2, -0.15) is 0 Å². The van der Waals surface area contributed by atoms with Crippen LogP contribution in [0.3, 0.4) is 0 Å². The molecule has 17 heavy (non-hydrogen) atoms. The lowest BCUT2D eigenvalue weighted by atomic mass is 10.2. The number of nitro groups is 1. The highest BCUT2D eigenvalue weighted by molar-refractivity contribution is 5.50. The molecule has 94 valence electrons. The predicted octanol–water partition coefficient (Wildman–Crippen LogP) is -0.307. The van der Waals surface area contributed by atoms with Crippen LogP contribution in [0, 0.1) is 16.0 Å². The average Bonchev–Trinajstić information content (AvgIpc) is 2.21. The summed E-state index contributed by atoms with van der Waals surface area (Å²) in [5, 5.41) is 10.7. The van der Waals surface area contributed by atoms with E-state index in [1.165, 1.54) is 7.05 Å². The molecule has 1 aromatic rings. The Bertz CT molecular complexity index is 570. The molecule has 0 spiro atoms. The summed E-state index contributed by atoms with van der Waals surface area (Å²) in [6, 6.07) is 0. The lowest BCUT2D eigenvalue weighted by molar-refractivity contribution is -0.386. The fraction of sp³-hybridized carbons (Fsp3) is 0.556. The van der Waals surface area contributed by atoms with E-state index in [1.807, 2.05) is 13.8 Å². The lowest BCUT2D eigenvalue weighted by Gasteiger charge is -2.12. The Balaban J connectivity index is 3.68. The van der Waals surface area contributed by atoms with Crippen LogP contribution in [-0.4, -0.2) is 14.1 Å². The molecule has 0 saturated carbocycles. The van der Waals surface area contributed by atoms with Gasteiger partial charge in [0.2, 0.25) is 0 Å². The van der Waals surface area contributed by atoms with Crippen molar-refractivity contribution in [2.24, 2.45) is 13.0 Å².